The van der Waals surface area contributed by atoms with E-state index in [1.54, 1.807) is 25.3 Å². The Balaban J connectivity index is 2.03. The number of hydrogen-bond donors (Lipinski definition) is 1. The first-order valence-electron chi connectivity index (χ1n) is 10.7. The molecule has 1 amide bonds. The predicted molar refractivity (Wildman–Crippen MR) is 129 cm³/mol. The zero-order valence-electron chi connectivity index (χ0n) is 19.1. The normalized spacial score (nSPS) is 12.2. The maximum absolute atomic E-state index is 15.1. The maximum atomic E-state index is 15.1. The third-order valence-corrected chi connectivity index (χ3v) is 6.87. The Labute approximate surface area is 199 Å². The number of aryl methyl sites for hydroxylation is 1. The van der Waals surface area contributed by atoms with Gasteiger partial charge in [-0.15, -0.1) is 11.3 Å². The third kappa shape index (κ3) is 5.87. The predicted octanol–water partition coefficient (Wildman–Crippen LogP) is 5.66. The fourth-order valence-electron chi connectivity index (χ4n) is 3.52. The molecule has 0 radical (unpaired) electrons. The average Bonchev–Trinajstić information content (AvgIpc) is 3.36. The van der Waals surface area contributed by atoms with Gasteiger partial charge in [-0.1, -0.05) is 32.9 Å². The summed E-state index contributed by atoms with van der Waals surface area (Å²) in [6.45, 7) is 8.13. The zero-order chi connectivity index (χ0) is 24.1. The van der Waals surface area contributed by atoms with Crippen molar-refractivity contribution in [2.45, 2.75) is 47.1 Å². The minimum atomic E-state index is -2.64. The van der Waals surface area contributed by atoms with Crippen LogP contribution in [0.3, 0.4) is 0 Å². The molecule has 3 aromatic rings. The van der Waals surface area contributed by atoms with Crippen molar-refractivity contribution in [3.05, 3.63) is 58.7 Å². The number of hydrogen-bond acceptors (Lipinski definition) is 5. The number of thiophene rings is 1. The fraction of sp³-hybridized carbons (Fsp3) is 0.391. The number of carbonyl (C=O) groups is 1. The number of carbonyl (C=O) groups excluding carboxylic acids is 1. The molecule has 1 unspecified atom stereocenters. The molecule has 0 bridgehead atoms. The highest BCUT2D eigenvalue weighted by atomic mass is 32.2. The van der Waals surface area contributed by atoms with Gasteiger partial charge in [-0.25, -0.2) is 18.4 Å². The Hall–Kier alpha value is -2.56. The van der Waals surface area contributed by atoms with Gasteiger partial charge < -0.3 is 9.30 Å². The molecule has 2 heterocycles. The van der Waals surface area contributed by atoms with Crippen LogP contribution in [0.1, 0.15) is 44.0 Å². The van der Waals surface area contributed by atoms with Gasteiger partial charge in [0.15, 0.2) is 0 Å². The molecule has 0 aliphatic heterocycles. The van der Waals surface area contributed by atoms with Crippen LogP contribution in [-0.4, -0.2) is 31.0 Å². The van der Waals surface area contributed by atoms with E-state index in [-0.39, 0.29) is 11.6 Å². The second kappa shape index (κ2) is 11.0. The molecule has 1 aromatic carbocycles. The van der Waals surface area contributed by atoms with Crippen molar-refractivity contribution in [1.29, 1.82) is 0 Å². The Morgan fingerprint density at radius 3 is 2.70 bits per heavy atom. The lowest BCUT2D eigenvalue weighted by atomic mass is 10.0. The molecule has 7 nitrogen and oxygen atoms in total. The average molecular weight is 494 g/mol. The summed E-state index contributed by atoms with van der Waals surface area (Å²) in [7, 11) is 0. The van der Waals surface area contributed by atoms with Crippen LogP contribution in [0.5, 0.6) is 0 Å². The molecule has 10 heteroatoms. The molecule has 33 heavy (non-hydrogen) atoms. The second-order valence-electron chi connectivity index (χ2n) is 7.88. The van der Waals surface area contributed by atoms with E-state index in [0.29, 0.717) is 39.9 Å². The molecule has 0 saturated heterocycles. The van der Waals surface area contributed by atoms with Gasteiger partial charge in [-0.2, -0.15) is 4.31 Å². The molecule has 2 aromatic heterocycles. The lowest BCUT2D eigenvalue weighted by molar-refractivity contribution is 0.164. The summed E-state index contributed by atoms with van der Waals surface area (Å²) in [5.41, 5.74) is 1.52. The van der Waals surface area contributed by atoms with Crippen molar-refractivity contribution in [2.24, 2.45) is 5.92 Å². The van der Waals surface area contributed by atoms with Gasteiger partial charge in [0.25, 0.3) is 11.3 Å². The molecule has 0 aliphatic rings. The van der Waals surface area contributed by atoms with Crippen LogP contribution in [0.25, 0.3) is 11.1 Å². The largest absolute Gasteiger partial charge is 0.449 e. The van der Waals surface area contributed by atoms with Crippen molar-refractivity contribution in [2.75, 3.05) is 10.9 Å². The number of benzene rings is 1. The molecular weight excluding hydrogens is 465 g/mol. The highest BCUT2D eigenvalue weighted by molar-refractivity contribution is 7.82. The Kier molecular flexibility index (Phi) is 8.39. The quantitative estimate of drug-likeness (QED) is 0.389. The lowest BCUT2D eigenvalue weighted by Gasteiger charge is -2.17. The number of imidazole rings is 1. The second-order valence-corrected chi connectivity index (χ2v) is 9.83. The minimum absolute atomic E-state index is 0.0589. The zero-order valence-corrected chi connectivity index (χ0v) is 20.7. The summed E-state index contributed by atoms with van der Waals surface area (Å²) in [5, 5.41) is 0.250. The standard InChI is InChI=1S/C23H28FN3O4S2/c1-5-21-25-9-10-26(21)14-17-8-7-16(12-20(17)24)19-13-18(11-15(3)4)32-22(19)27(33(29)30)23(28)31-6-2/h7-10,12-13,15H,5-6,11,14H2,1-4H3,(H,29,30). The fourth-order valence-corrected chi connectivity index (χ4v) is 5.53. The van der Waals surface area contributed by atoms with Crippen molar-refractivity contribution < 1.29 is 22.7 Å². The van der Waals surface area contributed by atoms with Crippen LogP contribution in [0.15, 0.2) is 36.7 Å². The van der Waals surface area contributed by atoms with Gasteiger partial charge in [0.05, 0.1) is 13.2 Å². The molecule has 0 saturated carbocycles. The molecular formula is C23H28FN3O4S2. The molecule has 178 valence electrons. The molecule has 1 atom stereocenters. The van der Waals surface area contributed by atoms with Gasteiger partial charge in [0.2, 0.25) is 0 Å². The smallest absolute Gasteiger partial charge is 0.429 e. The summed E-state index contributed by atoms with van der Waals surface area (Å²) in [4.78, 5) is 17.6. The van der Waals surface area contributed by atoms with Crippen LogP contribution in [-0.2, 0) is 35.4 Å². The Morgan fingerprint density at radius 2 is 2.09 bits per heavy atom. The molecule has 1 N–H and O–H groups in total. The van der Waals surface area contributed by atoms with E-state index in [9.17, 15) is 13.6 Å². The first-order valence-corrected chi connectivity index (χ1v) is 12.6. The molecule has 0 fully saturated rings. The maximum Gasteiger partial charge on any atom is 0.429 e. The summed E-state index contributed by atoms with van der Waals surface area (Å²) in [6, 6.07) is 6.69. The van der Waals surface area contributed by atoms with Crippen molar-refractivity contribution in [1.82, 2.24) is 9.55 Å². The summed E-state index contributed by atoms with van der Waals surface area (Å²) in [6.07, 6.45) is 4.04. The number of aromatic nitrogens is 2. The summed E-state index contributed by atoms with van der Waals surface area (Å²) < 4.78 is 44.6. The van der Waals surface area contributed by atoms with Gasteiger partial charge in [-0.3, -0.25) is 4.55 Å². The van der Waals surface area contributed by atoms with E-state index in [2.05, 4.69) is 18.8 Å². The number of ether oxygens (including phenoxy) is 1. The first kappa shape index (κ1) is 25.1. The van der Waals surface area contributed by atoms with Crippen LogP contribution in [0, 0.1) is 11.7 Å². The SMILES string of the molecule is CCOC(=O)N(c1sc(CC(C)C)cc1-c1ccc(Cn2ccnc2CC)c(F)c1)S(=O)O. The van der Waals surface area contributed by atoms with Crippen LogP contribution in [0.2, 0.25) is 0 Å². The first-order chi connectivity index (χ1) is 15.7. The van der Waals surface area contributed by atoms with Crippen molar-refractivity contribution in [3.63, 3.8) is 0 Å². The third-order valence-electron chi connectivity index (χ3n) is 4.97. The highest BCUT2D eigenvalue weighted by Crippen LogP contribution is 2.41. The van der Waals surface area contributed by atoms with Crippen molar-refractivity contribution >= 4 is 33.7 Å². The molecule has 3 rings (SSSR count). The van der Waals surface area contributed by atoms with E-state index in [1.165, 1.54) is 17.4 Å². The Morgan fingerprint density at radius 1 is 1.33 bits per heavy atom. The van der Waals surface area contributed by atoms with Crippen LogP contribution < -0.4 is 4.31 Å². The van der Waals surface area contributed by atoms with E-state index in [0.717, 1.165) is 17.1 Å². The van der Waals surface area contributed by atoms with Crippen LogP contribution in [0.4, 0.5) is 14.2 Å². The van der Waals surface area contributed by atoms with Crippen molar-refractivity contribution in [3.8, 4) is 11.1 Å². The number of halogens is 1. The van der Waals surface area contributed by atoms with E-state index >= 15 is 4.39 Å². The van der Waals surface area contributed by atoms with E-state index in [1.807, 2.05) is 23.8 Å². The van der Waals surface area contributed by atoms with Gasteiger partial charge in [-0.05, 0) is 37.0 Å². The highest BCUT2D eigenvalue weighted by Gasteiger charge is 2.29. The molecule has 0 spiro atoms. The number of amides is 1. The van der Waals surface area contributed by atoms with Gasteiger partial charge in [0.1, 0.15) is 16.6 Å². The minimum Gasteiger partial charge on any atom is -0.449 e. The van der Waals surface area contributed by atoms with Gasteiger partial charge in [0, 0.05) is 34.8 Å². The Bertz CT molecular complexity index is 1140. The lowest BCUT2D eigenvalue weighted by Crippen LogP contribution is -2.32. The van der Waals surface area contributed by atoms with E-state index in [4.69, 9.17) is 4.74 Å². The summed E-state index contributed by atoms with van der Waals surface area (Å²) >= 11 is -1.41. The number of nitrogens with zero attached hydrogens (tertiary/aromatic N) is 3. The number of anilines is 1. The van der Waals surface area contributed by atoms with Gasteiger partial charge >= 0.3 is 6.09 Å². The summed E-state index contributed by atoms with van der Waals surface area (Å²) in [5.74, 6) is 0.799. The molecule has 0 aliphatic carbocycles. The van der Waals surface area contributed by atoms with E-state index < -0.39 is 23.2 Å². The topological polar surface area (TPSA) is 84.7 Å². The number of rotatable bonds is 9. The monoisotopic (exact) mass is 493 g/mol. The van der Waals surface area contributed by atoms with Crippen LogP contribution >= 0.6 is 11.3 Å².